The van der Waals surface area contributed by atoms with Gasteiger partial charge in [0.2, 0.25) is 0 Å². The highest BCUT2D eigenvalue weighted by atomic mass is 28.4. The Morgan fingerprint density at radius 3 is 0.946 bits per heavy atom. The van der Waals surface area contributed by atoms with Crippen molar-refractivity contribution in [3.05, 3.63) is 241 Å². The molecule has 0 amide bonds. The smallest absolute Gasteiger partial charge is 0.347 e. The van der Waals surface area contributed by atoms with Crippen LogP contribution in [0, 0.1) is 0 Å². The maximum absolute atomic E-state index is 15.0. The first-order valence-electron chi connectivity index (χ1n) is 18.7. The maximum Gasteiger partial charge on any atom is 0.347 e. The minimum Gasteiger partial charge on any atom is -0.528 e. The Labute approximate surface area is 328 Å². The second kappa shape index (κ2) is 14.8. The summed E-state index contributed by atoms with van der Waals surface area (Å²) in [5.74, 6) is 0.153. The van der Waals surface area contributed by atoms with E-state index in [1.54, 1.807) is 30.3 Å². The Balaban J connectivity index is 1.39. The number of carbonyl (C=O) groups excluding carboxylic acids is 2. The van der Waals surface area contributed by atoms with Crippen LogP contribution in [-0.2, 0) is 0 Å². The van der Waals surface area contributed by atoms with E-state index in [9.17, 15) is 4.79 Å². The number of fused-ring (bicyclic) bond motifs is 2. The summed E-state index contributed by atoms with van der Waals surface area (Å²) in [4.78, 5) is 29.5. The Kier molecular flexibility index (Phi) is 9.19. The molecule has 9 rings (SSSR count). The van der Waals surface area contributed by atoms with Crippen LogP contribution in [0.2, 0.25) is 0 Å². The van der Waals surface area contributed by atoms with Gasteiger partial charge in [0.1, 0.15) is 5.75 Å². The van der Waals surface area contributed by atoms with Gasteiger partial charge in [-0.3, -0.25) is 9.59 Å². The molecule has 0 saturated carbocycles. The average Bonchev–Trinajstić information content (AvgIpc) is 3.28. The highest BCUT2D eigenvalue weighted by molar-refractivity contribution is 7.08. The van der Waals surface area contributed by atoms with Gasteiger partial charge in [-0.2, -0.15) is 0 Å². The van der Waals surface area contributed by atoms with Crippen molar-refractivity contribution in [1.29, 1.82) is 0 Å². The third kappa shape index (κ3) is 5.83. The summed E-state index contributed by atoms with van der Waals surface area (Å²) in [6.07, 6.45) is 0. The van der Waals surface area contributed by atoms with Gasteiger partial charge in [-0.25, -0.2) is 0 Å². The third-order valence-corrected chi connectivity index (χ3v) is 18.5. The maximum atomic E-state index is 15.0. The summed E-state index contributed by atoms with van der Waals surface area (Å²) >= 11 is 0. The van der Waals surface area contributed by atoms with Gasteiger partial charge in [0.15, 0.2) is 17.3 Å². The minimum absolute atomic E-state index is 0.211. The molecular weight excluding hydrogens is 721 g/mol. The van der Waals surface area contributed by atoms with Crippen molar-refractivity contribution in [2.75, 3.05) is 0 Å². The molecule has 8 aromatic carbocycles. The predicted octanol–water partition coefficient (Wildman–Crippen LogP) is 6.55. The van der Waals surface area contributed by atoms with Gasteiger partial charge in [0.05, 0.1) is 5.56 Å². The first kappa shape index (κ1) is 34.9. The Morgan fingerprint density at radius 2 is 0.589 bits per heavy atom. The number of rotatable bonds is 10. The van der Waals surface area contributed by atoms with Crippen LogP contribution in [0.25, 0.3) is 0 Å². The SMILES string of the molecule is O=C1c2ccccc2C(=O)c2c1ccc(O[Si](c1ccccc1)(c1ccccc1)c1ccccc1)c2O[Si](c1ccccc1)(c1ccccc1)c1ccccc1. The van der Waals surface area contributed by atoms with Gasteiger partial charge < -0.3 is 8.85 Å². The quantitative estimate of drug-likeness (QED) is 0.117. The number of carbonyl (C=O) groups is 2. The van der Waals surface area contributed by atoms with Gasteiger partial charge >= 0.3 is 16.6 Å². The molecule has 0 N–H and O–H groups in total. The summed E-state index contributed by atoms with van der Waals surface area (Å²) in [5.41, 5.74) is 1.22. The summed E-state index contributed by atoms with van der Waals surface area (Å²) in [7, 11) is -6.97. The van der Waals surface area contributed by atoms with E-state index >= 15 is 4.79 Å². The zero-order valence-corrected chi connectivity index (χ0v) is 32.4. The van der Waals surface area contributed by atoms with E-state index in [2.05, 4.69) is 72.8 Å². The molecule has 0 spiro atoms. The second-order valence-corrected chi connectivity index (χ2v) is 20.4. The molecule has 0 saturated heterocycles. The van der Waals surface area contributed by atoms with Crippen molar-refractivity contribution in [3.63, 3.8) is 0 Å². The molecule has 268 valence electrons. The van der Waals surface area contributed by atoms with Gasteiger partial charge in [-0.15, -0.1) is 0 Å². The van der Waals surface area contributed by atoms with Crippen molar-refractivity contribution >= 4 is 59.3 Å². The number of benzene rings is 8. The summed E-state index contributed by atoms with van der Waals surface area (Å²) in [6, 6.07) is 72.3. The lowest BCUT2D eigenvalue weighted by Gasteiger charge is -2.38. The van der Waals surface area contributed by atoms with Crippen molar-refractivity contribution in [1.82, 2.24) is 0 Å². The van der Waals surface area contributed by atoms with E-state index < -0.39 is 16.6 Å². The second-order valence-electron chi connectivity index (χ2n) is 13.8. The van der Waals surface area contributed by atoms with Crippen LogP contribution in [-0.4, -0.2) is 28.2 Å². The fourth-order valence-corrected chi connectivity index (χ4v) is 15.7. The normalized spacial score (nSPS) is 12.4. The lowest BCUT2D eigenvalue weighted by Crippen LogP contribution is -2.72. The molecule has 0 bridgehead atoms. The van der Waals surface area contributed by atoms with Gasteiger partial charge in [0, 0.05) is 16.7 Å². The molecule has 6 heteroatoms. The topological polar surface area (TPSA) is 52.6 Å². The van der Waals surface area contributed by atoms with Crippen LogP contribution >= 0.6 is 0 Å². The molecule has 0 atom stereocenters. The van der Waals surface area contributed by atoms with Crippen LogP contribution in [0.4, 0.5) is 0 Å². The zero-order valence-electron chi connectivity index (χ0n) is 30.4. The molecule has 0 unspecified atom stereocenters. The first-order chi connectivity index (χ1) is 27.6. The Morgan fingerprint density at radius 1 is 0.286 bits per heavy atom. The number of hydrogen-bond donors (Lipinski definition) is 0. The highest BCUT2D eigenvalue weighted by Crippen LogP contribution is 2.42. The van der Waals surface area contributed by atoms with E-state index in [0.717, 1.165) is 31.1 Å². The third-order valence-electron chi connectivity index (χ3n) is 10.6. The average molecular weight is 757 g/mol. The van der Waals surface area contributed by atoms with Crippen LogP contribution in [0.5, 0.6) is 11.5 Å². The van der Waals surface area contributed by atoms with Crippen molar-refractivity contribution < 1.29 is 18.4 Å². The van der Waals surface area contributed by atoms with E-state index in [4.69, 9.17) is 8.85 Å². The van der Waals surface area contributed by atoms with E-state index in [1.807, 2.05) is 115 Å². The van der Waals surface area contributed by atoms with E-state index in [1.165, 1.54) is 0 Å². The van der Waals surface area contributed by atoms with Crippen molar-refractivity contribution in [2.24, 2.45) is 0 Å². The predicted molar refractivity (Wildman–Crippen MR) is 229 cm³/mol. The Hall–Kier alpha value is -6.87. The van der Waals surface area contributed by atoms with Crippen LogP contribution in [0.1, 0.15) is 31.8 Å². The molecule has 0 aliphatic heterocycles. The van der Waals surface area contributed by atoms with Crippen LogP contribution in [0.15, 0.2) is 218 Å². The standard InChI is InChI=1S/C50H36O4Si2/c51-48-43-33-19-20-34-44(43)49(52)47-45(48)35-36-46(53-55(37-21-7-1-8-22-37,38-23-9-2-10-24-38)39-25-11-3-12-26-39)50(47)54-56(40-27-13-4-14-28-40,41-29-15-5-16-30-41)42-31-17-6-18-32-42/h1-36H. The molecule has 0 radical (unpaired) electrons. The lowest BCUT2D eigenvalue weighted by atomic mass is 9.83. The molecule has 1 aliphatic carbocycles. The molecular formula is C50H36O4Si2. The van der Waals surface area contributed by atoms with E-state index in [-0.39, 0.29) is 22.9 Å². The number of hydrogen-bond acceptors (Lipinski definition) is 4. The van der Waals surface area contributed by atoms with Crippen LogP contribution < -0.4 is 40.0 Å². The van der Waals surface area contributed by atoms with Crippen LogP contribution in [0.3, 0.4) is 0 Å². The monoisotopic (exact) mass is 756 g/mol. The minimum atomic E-state index is -3.54. The molecule has 0 heterocycles. The first-order valence-corrected chi connectivity index (χ1v) is 22.5. The molecule has 1 aliphatic rings. The van der Waals surface area contributed by atoms with Gasteiger partial charge in [0.25, 0.3) is 0 Å². The zero-order chi connectivity index (χ0) is 38.0. The van der Waals surface area contributed by atoms with E-state index in [0.29, 0.717) is 22.4 Å². The summed E-state index contributed by atoms with van der Waals surface area (Å²) in [5, 5.41) is 6.00. The summed E-state index contributed by atoms with van der Waals surface area (Å²) in [6.45, 7) is 0. The fourth-order valence-electron chi connectivity index (χ4n) is 8.03. The lowest BCUT2D eigenvalue weighted by molar-refractivity contribution is 0.0977. The molecule has 56 heavy (non-hydrogen) atoms. The molecule has 0 fully saturated rings. The number of ketones is 2. The largest absolute Gasteiger partial charge is 0.528 e. The molecule has 8 aromatic rings. The Bertz CT molecular complexity index is 2460. The van der Waals surface area contributed by atoms with Gasteiger partial charge in [-0.05, 0) is 43.3 Å². The summed E-state index contributed by atoms with van der Waals surface area (Å²) < 4.78 is 15.6. The highest BCUT2D eigenvalue weighted by Gasteiger charge is 2.49. The van der Waals surface area contributed by atoms with Crippen molar-refractivity contribution in [3.8, 4) is 11.5 Å². The fraction of sp³-hybridized carbons (Fsp3) is 0. The molecule has 0 aromatic heterocycles. The van der Waals surface area contributed by atoms with Crippen molar-refractivity contribution in [2.45, 2.75) is 0 Å². The van der Waals surface area contributed by atoms with Gasteiger partial charge in [-0.1, -0.05) is 206 Å². The molecule has 4 nitrogen and oxygen atoms in total.